The molecule has 0 fully saturated rings. The molecule has 3 heterocycles. The topological polar surface area (TPSA) is 17.1 Å². The van der Waals surface area contributed by atoms with Crippen molar-refractivity contribution in [2.45, 2.75) is 0 Å². The van der Waals surface area contributed by atoms with Crippen molar-refractivity contribution in [2.75, 3.05) is 0 Å². The van der Waals surface area contributed by atoms with E-state index in [4.69, 9.17) is 0 Å². The maximum Gasteiger partial charge on any atom is 0.160 e. The van der Waals surface area contributed by atoms with Gasteiger partial charge in [-0.05, 0) is 59.0 Å². The predicted octanol–water partition coefficient (Wildman–Crippen LogP) is 5.62. The quantitative estimate of drug-likeness (QED) is 0.410. The summed E-state index contributed by atoms with van der Waals surface area (Å²) in [4.78, 5) is 16.5. The lowest BCUT2D eigenvalue weighted by Crippen LogP contribution is -1.62. The van der Waals surface area contributed by atoms with Crippen molar-refractivity contribution < 1.29 is 4.79 Å². The van der Waals surface area contributed by atoms with Crippen LogP contribution in [0.1, 0.15) is 9.67 Å². The smallest absolute Gasteiger partial charge is 0.160 e. The van der Waals surface area contributed by atoms with Crippen LogP contribution in [0.5, 0.6) is 0 Å². The number of hydrogen-bond acceptors (Lipinski definition) is 4. The zero-order chi connectivity index (χ0) is 12.5. The lowest BCUT2D eigenvalue weighted by Gasteiger charge is -1.90. The molecule has 0 bridgehead atoms. The molecule has 1 nitrogen and oxygen atoms in total. The van der Waals surface area contributed by atoms with Crippen molar-refractivity contribution in [1.29, 1.82) is 0 Å². The van der Waals surface area contributed by atoms with Crippen molar-refractivity contribution in [3.05, 3.63) is 44.2 Å². The van der Waals surface area contributed by atoms with Crippen LogP contribution in [0.25, 0.3) is 19.5 Å². The second kappa shape index (κ2) is 5.24. The maximum atomic E-state index is 10.7. The van der Waals surface area contributed by atoms with Gasteiger partial charge in [0.25, 0.3) is 0 Å². The van der Waals surface area contributed by atoms with Gasteiger partial charge in [0, 0.05) is 19.5 Å². The van der Waals surface area contributed by atoms with Gasteiger partial charge in [0.05, 0.1) is 7.76 Å². The monoisotopic (exact) mass is 402 g/mol. The summed E-state index contributed by atoms with van der Waals surface area (Å²) in [5.74, 6) is 0. The van der Waals surface area contributed by atoms with Gasteiger partial charge in [0.2, 0.25) is 0 Å². The lowest BCUT2D eigenvalue weighted by molar-refractivity contribution is 0.112. The first-order valence-corrected chi connectivity index (χ1v) is 8.70. The van der Waals surface area contributed by atoms with Crippen molar-refractivity contribution in [3.8, 4) is 19.5 Å². The van der Waals surface area contributed by atoms with Gasteiger partial charge in [-0.2, -0.15) is 0 Å². The molecule has 3 aromatic rings. The van der Waals surface area contributed by atoms with E-state index < -0.39 is 0 Å². The first-order valence-electron chi connectivity index (χ1n) is 5.17. The number of aldehydes is 1. The van der Waals surface area contributed by atoms with E-state index in [1.54, 1.807) is 34.0 Å². The van der Waals surface area contributed by atoms with Crippen molar-refractivity contribution >= 4 is 62.9 Å². The molecule has 0 aliphatic rings. The Bertz CT molecular complexity index is 692. The number of carbonyl (C=O) groups excluding carboxylic acids is 1. The third-order valence-electron chi connectivity index (χ3n) is 2.41. The molecule has 0 amide bonds. The molecule has 0 aliphatic carbocycles. The van der Waals surface area contributed by atoms with Gasteiger partial charge < -0.3 is 0 Å². The molecule has 0 unspecified atom stereocenters. The van der Waals surface area contributed by atoms with E-state index in [1.165, 1.54) is 22.4 Å². The Morgan fingerprint density at radius 1 is 0.778 bits per heavy atom. The highest BCUT2D eigenvalue weighted by Crippen LogP contribution is 2.39. The van der Waals surface area contributed by atoms with Crippen LogP contribution in [-0.4, -0.2) is 6.29 Å². The summed E-state index contributed by atoms with van der Waals surface area (Å²) in [7, 11) is 0. The summed E-state index contributed by atoms with van der Waals surface area (Å²) in [6.45, 7) is 0. The van der Waals surface area contributed by atoms with E-state index in [2.05, 4.69) is 46.9 Å². The van der Waals surface area contributed by atoms with Gasteiger partial charge in [0.1, 0.15) is 0 Å². The maximum absolute atomic E-state index is 10.7. The van der Waals surface area contributed by atoms with Crippen LogP contribution in [0.3, 0.4) is 0 Å². The average molecular weight is 402 g/mol. The van der Waals surface area contributed by atoms with E-state index in [1.807, 2.05) is 12.1 Å². The highest BCUT2D eigenvalue weighted by Gasteiger charge is 2.08. The van der Waals surface area contributed by atoms with Gasteiger partial charge in [-0.1, -0.05) is 0 Å². The molecule has 0 N–H and O–H groups in total. The Labute approximate surface area is 130 Å². The zero-order valence-corrected chi connectivity index (χ0v) is 13.7. The van der Waals surface area contributed by atoms with Gasteiger partial charge in [-0.15, -0.1) is 34.0 Å². The first kappa shape index (κ1) is 12.5. The van der Waals surface area contributed by atoms with Gasteiger partial charge >= 0.3 is 0 Å². The summed E-state index contributed by atoms with van der Waals surface area (Å²) in [6.07, 6.45) is 0.907. The fourth-order valence-electron chi connectivity index (χ4n) is 1.60. The molecule has 0 atom stereocenters. The predicted molar refractivity (Wildman–Crippen MR) is 89.0 cm³/mol. The van der Waals surface area contributed by atoms with Gasteiger partial charge in [0.15, 0.2) is 6.29 Å². The lowest BCUT2D eigenvalue weighted by atomic mass is 10.3. The third kappa shape index (κ3) is 2.45. The fraction of sp³-hybridized carbons (Fsp3) is 0. The first-order chi connectivity index (χ1) is 8.76. The Kier molecular flexibility index (Phi) is 3.65. The van der Waals surface area contributed by atoms with E-state index in [9.17, 15) is 4.79 Å². The van der Waals surface area contributed by atoms with Crippen molar-refractivity contribution in [3.63, 3.8) is 0 Å². The number of halogens is 1. The highest BCUT2D eigenvalue weighted by atomic mass is 127. The van der Waals surface area contributed by atoms with E-state index in [0.29, 0.717) is 0 Å². The fourth-order valence-corrected chi connectivity index (χ4v) is 5.23. The Morgan fingerprint density at radius 2 is 1.33 bits per heavy atom. The van der Waals surface area contributed by atoms with Gasteiger partial charge in [-0.3, -0.25) is 4.79 Å². The second-order valence-electron chi connectivity index (χ2n) is 3.59. The van der Waals surface area contributed by atoms with Crippen molar-refractivity contribution in [1.82, 2.24) is 0 Å². The molecule has 18 heavy (non-hydrogen) atoms. The molecule has 0 saturated heterocycles. The molecule has 0 radical (unpaired) electrons. The molecule has 0 aliphatic heterocycles. The summed E-state index contributed by atoms with van der Waals surface area (Å²) >= 11 is 7.47. The van der Waals surface area contributed by atoms with Crippen LogP contribution in [0.15, 0.2) is 36.4 Å². The summed E-state index contributed by atoms with van der Waals surface area (Å²) in [5.41, 5.74) is 0. The summed E-state index contributed by atoms with van der Waals surface area (Å²) < 4.78 is 1.30. The number of thiophene rings is 3. The molecule has 3 rings (SSSR count). The normalized spacial score (nSPS) is 10.7. The minimum absolute atomic E-state index is 0.783. The van der Waals surface area contributed by atoms with Crippen LogP contribution < -0.4 is 0 Å². The van der Waals surface area contributed by atoms with Crippen LogP contribution in [0.4, 0.5) is 0 Å². The zero-order valence-electron chi connectivity index (χ0n) is 9.05. The third-order valence-corrected chi connectivity index (χ3v) is 6.79. The molecule has 90 valence electrons. The SMILES string of the molecule is O=Cc1ccc(-c2ccc(-c3ccc(I)s3)s2)s1. The Balaban J connectivity index is 1.96. The number of hydrogen-bond donors (Lipinski definition) is 0. The average Bonchev–Trinajstić information content (AvgIpc) is 3.07. The number of carbonyl (C=O) groups is 1. The summed E-state index contributed by atoms with van der Waals surface area (Å²) in [6, 6.07) is 12.5. The van der Waals surface area contributed by atoms with Crippen molar-refractivity contribution in [2.24, 2.45) is 0 Å². The van der Waals surface area contributed by atoms with Crippen LogP contribution >= 0.6 is 56.6 Å². The van der Waals surface area contributed by atoms with E-state index in [0.717, 1.165) is 11.2 Å². The van der Waals surface area contributed by atoms with Crippen LogP contribution in [0.2, 0.25) is 0 Å². The standard InChI is InChI=1S/C13H7IOS3/c14-13-6-5-12(18-13)11-4-3-10(17-11)9-2-1-8(7-15)16-9/h1-7H. The van der Waals surface area contributed by atoms with E-state index >= 15 is 0 Å². The minimum Gasteiger partial charge on any atom is -0.297 e. The molecule has 3 aromatic heterocycles. The molecular formula is C13H7IOS3. The largest absolute Gasteiger partial charge is 0.297 e. The Hall–Kier alpha value is -0.500. The number of rotatable bonds is 3. The molecular weight excluding hydrogens is 395 g/mol. The molecule has 0 spiro atoms. The molecule has 0 saturated carbocycles. The van der Waals surface area contributed by atoms with E-state index in [-0.39, 0.29) is 0 Å². The van der Waals surface area contributed by atoms with Crippen LogP contribution in [0, 0.1) is 2.88 Å². The van der Waals surface area contributed by atoms with Gasteiger partial charge in [-0.25, -0.2) is 0 Å². The molecule has 5 heteroatoms. The van der Waals surface area contributed by atoms with Crippen LogP contribution in [-0.2, 0) is 0 Å². The highest BCUT2D eigenvalue weighted by molar-refractivity contribution is 14.1. The molecule has 0 aromatic carbocycles. The summed E-state index contributed by atoms with van der Waals surface area (Å²) in [5, 5.41) is 0. The minimum atomic E-state index is 0.783. The Morgan fingerprint density at radius 3 is 1.89 bits per heavy atom. The second-order valence-corrected chi connectivity index (χ2v) is 8.76.